The predicted octanol–water partition coefficient (Wildman–Crippen LogP) is 4.03. The number of carbonyl (C=O) groups is 1. The molecular weight excluding hydrogens is 304 g/mol. The summed E-state index contributed by atoms with van der Waals surface area (Å²) in [5.41, 5.74) is 0.921. The van der Waals surface area contributed by atoms with Gasteiger partial charge in [0.2, 0.25) is 0 Å². The number of rotatable bonds is 4. The molecule has 1 N–H and O–H groups in total. The molecule has 0 fully saturated rings. The highest BCUT2D eigenvalue weighted by Crippen LogP contribution is 2.29. The van der Waals surface area contributed by atoms with Crippen LogP contribution in [0.5, 0.6) is 0 Å². The van der Waals surface area contributed by atoms with Crippen molar-refractivity contribution < 1.29 is 9.90 Å². The molecule has 2 nitrogen and oxygen atoms in total. The lowest BCUT2D eigenvalue weighted by atomic mass is 9.77. The summed E-state index contributed by atoms with van der Waals surface area (Å²) in [4.78, 5) is 11.7. The minimum atomic E-state index is -0.915. The van der Waals surface area contributed by atoms with Crippen molar-refractivity contribution >= 4 is 21.9 Å². The Kier molecular flexibility index (Phi) is 4.05. The zero-order valence-electron chi connectivity index (χ0n) is 10.6. The van der Waals surface area contributed by atoms with E-state index in [0.29, 0.717) is 6.42 Å². The van der Waals surface area contributed by atoms with Gasteiger partial charge in [-0.15, -0.1) is 0 Å². The van der Waals surface area contributed by atoms with Gasteiger partial charge < -0.3 is 5.11 Å². The Morgan fingerprint density at radius 3 is 2.21 bits per heavy atom. The molecule has 19 heavy (non-hydrogen) atoms. The van der Waals surface area contributed by atoms with Crippen molar-refractivity contribution in [3.63, 3.8) is 0 Å². The molecule has 2 aromatic carbocycles. The molecule has 0 heterocycles. The molecule has 0 saturated carbocycles. The van der Waals surface area contributed by atoms with E-state index in [0.717, 1.165) is 15.6 Å². The van der Waals surface area contributed by atoms with Crippen LogP contribution in [0.2, 0.25) is 0 Å². The van der Waals surface area contributed by atoms with Gasteiger partial charge in [-0.2, -0.15) is 0 Å². The third-order valence-corrected chi connectivity index (χ3v) is 3.88. The lowest BCUT2D eigenvalue weighted by Crippen LogP contribution is -2.34. The maximum Gasteiger partial charge on any atom is 0.314 e. The average Bonchev–Trinajstić information content (AvgIpc) is 2.40. The highest BCUT2D eigenvalue weighted by atomic mass is 79.9. The van der Waals surface area contributed by atoms with Crippen LogP contribution in [-0.2, 0) is 16.6 Å². The van der Waals surface area contributed by atoms with Gasteiger partial charge in [0.15, 0.2) is 0 Å². The second-order valence-electron chi connectivity index (χ2n) is 4.81. The van der Waals surface area contributed by atoms with E-state index >= 15 is 0 Å². The molecule has 2 rings (SSSR count). The Hall–Kier alpha value is -1.61. The van der Waals surface area contributed by atoms with Gasteiger partial charge in [0.05, 0.1) is 5.41 Å². The summed E-state index contributed by atoms with van der Waals surface area (Å²) in [5.74, 6) is -0.807. The van der Waals surface area contributed by atoms with Gasteiger partial charge >= 0.3 is 5.97 Å². The van der Waals surface area contributed by atoms with Crippen LogP contribution in [-0.4, -0.2) is 11.1 Å². The van der Waals surface area contributed by atoms with Gasteiger partial charge in [0.25, 0.3) is 0 Å². The summed E-state index contributed by atoms with van der Waals surface area (Å²) in [7, 11) is 0. The number of carboxylic acids is 1. The summed E-state index contributed by atoms with van der Waals surface area (Å²) in [6, 6.07) is 17.2. The molecule has 0 aliphatic rings. The number of carboxylic acid groups (broad SMARTS) is 1. The van der Waals surface area contributed by atoms with Gasteiger partial charge in [0, 0.05) is 4.47 Å². The van der Waals surface area contributed by atoms with Crippen molar-refractivity contribution in [3.8, 4) is 0 Å². The molecule has 0 radical (unpaired) electrons. The lowest BCUT2D eigenvalue weighted by Gasteiger charge is -2.25. The largest absolute Gasteiger partial charge is 0.481 e. The molecule has 0 bridgehead atoms. The van der Waals surface area contributed by atoms with Crippen molar-refractivity contribution in [2.45, 2.75) is 18.8 Å². The van der Waals surface area contributed by atoms with Crippen molar-refractivity contribution in [2.75, 3.05) is 0 Å². The van der Waals surface area contributed by atoms with Crippen LogP contribution in [0.25, 0.3) is 0 Å². The van der Waals surface area contributed by atoms with E-state index < -0.39 is 11.4 Å². The fourth-order valence-electron chi connectivity index (χ4n) is 2.12. The molecule has 98 valence electrons. The van der Waals surface area contributed by atoms with Crippen molar-refractivity contribution in [1.29, 1.82) is 0 Å². The third-order valence-electron chi connectivity index (χ3n) is 3.35. The monoisotopic (exact) mass is 318 g/mol. The summed E-state index contributed by atoms with van der Waals surface area (Å²) in [5, 5.41) is 9.60. The SMILES string of the molecule is CC(Cc1ccccc1)(C(=O)O)c1ccc(Br)cc1. The van der Waals surface area contributed by atoms with Crippen LogP contribution in [0.4, 0.5) is 0 Å². The number of halogens is 1. The number of aliphatic carboxylic acids is 1. The summed E-state index contributed by atoms with van der Waals surface area (Å²) in [6.07, 6.45) is 0.477. The first-order valence-corrected chi connectivity index (χ1v) is 6.85. The molecule has 0 spiro atoms. The van der Waals surface area contributed by atoms with E-state index in [4.69, 9.17) is 0 Å². The van der Waals surface area contributed by atoms with Gasteiger partial charge in [-0.25, -0.2) is 0 Å². The van der Waals surface area contributed by atoms with E-state index in [1.807, 2.05) is 54.6 Å². The Bertz CT molecular complexity index is 563. The predicted molar refractivity (Wildman–Crippen MR) is 79.3 cm³/mol. The highest BCUT2D eigenvalue weighted by Gasteiger charge is 2.35. The zero-order valence-corrected chi connectivity index (χ0v) is 12.2. The van der Waals surface area contributed by atoms with Crippen LogP contribution < -0.4 is 0 Å². The molecule has 1 atom stereocenters. The summed E-state index contributed by atoms with van der Waals surface area (Å²) >= 11 is 3.37. The van der Waals surface area contributed by atoms with Crippen LogP contribution in [0.1, 0.15) is 18.1 Å². The number of hydrogen-bond donors (Lipinski definition) is 1. The molecule has 2 aromatic rings. The molecular formula is C16H15BrO2. The van der Waals surface area contributed by atoms with Gasteiger partial charge in [-0.1, -0.05) is 58.4 Å². The zero-order chi connectivity index (χ0) is 13.9. The average molecular weight is 319 g/mol. The smallest absolute Gasteiger partial charge is 0.314 e. The normalized spacial score (nSPS) is 13.8. The quantitative estimate of drug-likeness (QED) is 0.924. The van der Waals surface area contributed by atoms with Crippen LogP contribution in [0.15, 0.2) is 59.1 Å². The topological polar surface area (TPSA) is 37.3 Å². The fraction of sp³-hybridized carbons (Fsp3) is 0.188. The second-order valence-corrected chi connectivity index (χ2v) is 5.72. The first kappa shape index (κ1) is 13.8. The Morgan fingerprint density at radius 2 is 1.68 bits per heavy atom. The third kappa shape index (κ3) is 3.04. The first-order valence-electron chi connectivity index (χ1n) is 6.06. The van der Waals surface area contributed by atoms with Gasteiger partial charge in [-0.3, -0.25) is 4.79 Å². The van der Waals surface area contributed by atoms with Crippen molar-refractivity contribution in [2.24, 2.45) is 0 Å². The van der Waals surface area contributed by atoms with E-state index in [1.54, 1.807) is 6.92 Å². The summed E-state index contributed by atoms with van der Waals surface area (Å²) in [6.45, 7) is 1.77. The van der Waals surface area contributed by atoms with E-state index in [1.165, 1.54) is 0 Å². The van der Waals surface area contributed by atoms with Gasteiger partial charge in [-0.05, 0) is 36.6 Å². The molecule has 0 saturated heterocycles. The fourth-order valence-corrected chi connectivity index (χ4v) is 2.39. The number of hydrogen-bond acceptors (Lipinski definition) is 1. The maximum absolute atomic E-state index is 11.7. The van der Waals surface area contributed by atoms with E-state index in [9.17, 15) is 9.90 Å². The molecule has 0 aliphatic carbocycles. The van der Waals surface area contributed by atoms with Crippen LogP contribution in [0, 0.1) is 0 Å². The van der Waals surface area contributed by atoms with Crippen LogP contribution >= 0.6 is 15.9 Å². The van der Waals surface area contributed by atoms with Crippen molar-refractivity contribution in [1.82, 2.24) is 0 Å². The molecule has 1 unspecified atom stereocenters. The summed E-state index contributed by atoms with van der Waals surface area (Å²) < 4.78 is 0.948. The first-order chi connectivity index (χ1) is 9.02. The van der Waals surface area contributed by atoms with Crippen LogP contribution in [0.3, 0.4) is 0 Å². The molecule has 0 amide bonds. The maximum atomic E-state index is 11.7. The Morgan fingerprint density at radius 1 is 1.11 bits per heavy atom. The Balaban J connectivity index is 2.38. The number of benzene rings is 2. The van der Waals surface area contributed by atoms with Gasteiger partial charge in [0.1, 0.15) is 0 Å². The minimum absolute atomic E-state index is 0.477. The second kappa shape index (κ2) is 5.57. The highest BCUT2D eigenvalue weighted by molar-refractivity contribution is 9.10. The van der Waals surface area contributed by atoms with E-state index in [2.05, 4.69) is 15.9 Å². The lowest BCUT2D eigenvalue weighted by molar-refractivity contribution is -0.143. The molecule has 3 heteroatoms. The van der Waals surface area contributed by atoms with Crippen molar-refractivity contribution in [3.05, 3.63) is 70.2 Å². The molecule has 0 aliphatic heterocycles. The van der Waals surface area contributed by atoms with E-state index in [-0.39, 0.29) is 0 Å². The molecule has 0 aromatic heterocycles. The standard InChI is InChI=1S/C16H15BrO2/c1-16(15(18)19,11-12-5-3-2-4-6-12)13-7-9-14(17)10-8-13/h2-10H,11H2,1H3,(H,18,19). The Labute approximate surface area is 121 Å². The minimum Gasteiger partial charge on any atom is -0.481 e.